The van der Waals surface area contributed by atoms with E-state index in [0.29, 0.717) is 6.42 Å². The molecule has 0 saturated heterocycles. The Morgan fingerprint density at radius 1 is 1.50 bits per heavy atom. The predicted molar refractivity (Wildman–Crippen MR) is 48.9 cm³/mol. The number of carbonyl (C=O) groups excluding carboxylic acids is 1. The van der Waals surface area contributed by atoms with E-state index in [1.54, 1.807) is 5.01 Å². The van der Waals surface area contributed by atoms with Crippen LogP contribution in [0, 0.1) is 0 Å². The Kier molecular flexibility index (Phi) is 2.22. The fraction of sp³-hybridized carbons (Fsp3) is 0.778. The number of nitrogens with zero attached hydrogens (tertiary/aromatic N) is 2. The van der Waals surface area contributed by atoms with Crippen LogP contribution < -0.4 is 0 Å². The molecule has 1 heterocycles. The molecule has 0 spiro atoms. The summed E-state index contributed by atoms with van der Waals surface area (Å²) in [6.07, 6.45) is 1.38. The van der Waals surface area contributed by atoms with Gasteiger partial charge in [-0.25, -0.2) is 5.01 Å². The van der Waals surface area contributed by atoms with E-state index < -0.39 is 0 Å². The first-order valence-electron chi connectivity index (χ1n) is 4.34. The van der Waals surface area contributed by atoms with Gasteiger partial charge in [-0.3, -0.25) is 4.79 Å². The van der Waals surface area contributed by atoms with Gasteiger partial charge in [-0.1, -0.05) is 6.92 Å². The van der Waals surface area contributed by atoms with Gasteiger partial charge in [-0.2, -0.15) is 5.10 Å². The van der Waals surface area contributed by atoms with E-state index in [1.165, 1.54) is 0 Å². The smallest absolute Gasteiger partial charge is 0.248 e. The quantitative estimate of drug-likeness (QED) is 0.587. The van der Waals surface area contributed by atoms with Crippen LogP contribution in [0.1, 0.15) is 40.5 Å². The minimum atomic E-state index is -0.173. The molecule has 0 atom stereocenters. The lowest BCUT2D eigenvalue weighted by Gasteiger charge is -2.27. The molecular formula is C9H16N2O. The SMILES string of the molecule is CCC1=NN(C(C)(C)C)C(=O)C1. The zero-order valence-electron chi connectivity index (χ0n) is 8.22. The number of hydrogen-bond donors (Lipinski definition) is 0. The van der Waals surface area contributed by atoms with Crippen molar-refractivity contribution < 1.29 is 4.79 Å². The van der Waals surface area contributed by atoms with Crippen LogP contribution in [0.5, 0.6) is 0 Å². The fourth-order valence-electron chi connectivity index (χ4n) is 1.20. The Morgan fingerprint density at radius 3 is 2.33 bits per heavy atom. The first-order chi connectivity index (χ1) is 5.45. The molecule has 0 aromatic carbocycles. The summed E-state index contributed by atoms with van der Waals surface area (Å²) in [7, 11) is 0. The van der Waals surface area contributed by atoms with Crippen LogP contribution in [0.3, 0.4) is 0 Å². The van der Waals surface area contributed by atoms with Crippen molar-refractivity contribution in [2.45, 2.75) is 46.1 Å². The Hall–Kier alpha value is -0.860. The van der Waals surface area contributed by atoms with Gasteiger partial charge in [0.05, 0.1) is 12.0 Å². The molecule has 0 fully saturated rings. The Morgan fingerprint density at radius 2 is 2.08 bits per heavy atom. The second kappa shape index (κ2) is 2.88. The highest BCUT2D eigenvalue weighted by Crippen LogP contribution is 2.21. The van der Waals surface area contributed by atoms with Gasteiger partial charge in [0.25, 0.3) is 0 Å². The first-order valence-corrected chi connectivity index (χ1v) is 4.34. The van der Waals surface area contributed by atoms with E-state index in [9.17, 15) is 4.79 Å². The lowest BCUT2D eigenvalue weighted by atomic mass is 10.1. The van der Waals surface area contributed by atoms with E-state index in [-0.39, 0.29) is 11.4 Å². The molecule has 0 aromatic heterocycles. The average molecular weight is 168 g/mol. The van der Waals surface area contributed by atoms with Crippen molar-refractivity contribution in [1.29, 1.82) is 0 Å². The number of carbonyl (C=O) groups is 1. The Balaban J connectivity index is 2.80. The van der Waals surface area contributed by atoms with Crippen molar-refractivity contribution in [3.8, 4) is 0 Å². The van der Waals surface area contributed by atoms with Gasteiger partial charge < -0.3 is 0 Å². The molecule has 1 aliphatic rings. The van der Waals surface area contributed by atoms with Gasteiger partial charge in [0.2, 0.25) is 5.91 Å². The summed E-state index contributed by atoms with van der Waals surface area (Å²) in [4.78, 5) is 11.4. The molecule has 0 aromatic rings. The molecule has 0 unspecified atom stereocenters. The largest absolute Gasteiger partial charge is 0.273 e. The summed E-state index contributed by atoms with van der Waals surface area (Å²) in [5.74, 6) is 0.124. The van der Waals surface area contributed by atoms with Crippen molar-refractivity contribution in [3.63, 3.8) is 0 Å². The molecule has 0 N–H and O–H groups in total. The third kappa shape index (κ3) is 1.65. The van der Waals surface area contributed by atoms with Gasteiger partial charge in [-0.05, 0) is 27.2 Å². The Bertz CT molecular complexity index is 225. The topological polar surface area (TPSA) is 32.7 Å². The monoisotopic (exact) mass is 168 g/mol. The van der Waals surface area contributed by atoms with Gasteiger partial charge >= 0.3 is 0 Å². The van der Waals surface area contributed by atoms with E-state index in [4.69, 9.17) is 0 Å². The third-order valence-corrected chi connectivity index (χ3v) is 1.88. The maximum absolute atomic E-state index is 11.4. The number of hydrogen-bond acceptors (Lipinski definition) is 2. The maximum Gasteiger partial charge on any atom is 0.248 e. The van der Waals surface area contributed by atoms with Crippen LogP contribution >= 0.6 is 0 Å². The minimum Gasteiger partial charge on any atom is -0.273 e. The highest BCUT2D eigenvalue weighted by Gasteiger charge is 2.31. The number of amides is 1. The summed E-state index contributed by atoms with van der Waals surface area (Å²) in [6, 6.07) is 0. The molecule has 0 aliphatic carbocycles. The summed E-state index contributed by atoms with van der Waals surface area (Å²) in [5, 5.41) is 5.85. The van der Waals surface area contributed by atoms with Crippen LogP contribution in [0.2, 0.25) is 0 Å². The molecule has 3 nitrogen and oxygen atoms in total. The molecule has 1 aliphatic heterocycles. The molecule has 0 radical (unpaired) electrons. The third-order valence-electron chi connectivity index (χ3n) is 1.88. The average Bonchev–Trinajstić information content (AvgIpc) is 2.29. The van der Waals surface area contributed by atoms with Crippen molar-refractivity contribution in [2.75, 3.05) is 0 Å². The molecular weight excluding hydrogens is 152 g/mol. The van der Waals surface area contributed by atoms with Gasteiger partial charge in [0, 0.05) is 5.71 Å². The minimum absolute atomic E-state index is 0.124. The van der Waals surface area contributed by atoms with Crippen LogP contribution in [-0.2, 0) is 4.79 Å². The molecule has 1 amide bonds. The van der Waals surface area contributed by atoms with Gasteiger partial charge in [0.15, 0.2) is 0 Å². The van der Waals surface area contributed by atoms with Gasteiger partial charge in [-0.15, -0.1) is 0 Å². The van der Waals surface area contributed by atoms with E-state index in [2.05, 4.69) is 5.10 Å². The van der Waals surface area contributed by atoms with Crippen LogP contribution in [0.25, 0.3) is 0 Å². The number of hydrazone groups is 1. The first kappa shape index (κ1) is 9.23. The molecule has 1 rings (SSSR count). The van der Waals surface area contributed by atoms with Crippen LogP contribution in [-0.4, -0.2) is 22.2 Å². The summed E-state index contributed by atoms with van der Waals surface area (Å²) in [5.41, 5.74) is 0.823. The second-order valence-electron chi connectivity index (χ2n) is 4.07. The van der Waals surface area contributed by atoms with Crippen LogP contribution in [0.15, 0.2) is 5.10 Å². The van der Waals surface area contributed by atoms with Gasteiger partial charge in [0.1, 0.15) is 0 Å². The second-order valence-corrected chi connectivity index (χ2v) is 4.07. The zero-order chi connectivity index (χ0) is 9.35. The summed E-state index contributed by atoms with van der Waals surface area (Å²) < 4.78 is 0. The molecule has 12 heavy (non-hydrogen) atoms. The standard InChI is InChI=1S/C9H16N2O/c1-5-7-6-8(12)11(10-7)9(2,3)4/h5-6H2,1-4H3. The van der Waals surface area contributed by atoms with Crippen molar-refractivity contribution >= 4 is 11.6 Å². The molecule has 0 bridgehead atoms. The fourth-order valence-corrected chi connectivity index (χ4v) is 1.20. The Labute approximate surface area is 73.4 Å². The van der Waals surface area contributed by atoms with Crippen LogP contribution in [0.4, 0.5) is 0 Å². The molecule has 3 heteroatoms. The normalized spacial score (nSPS) is 18.5. The number of rotatable bonds is 1. The summed E-state index contributed by atoms with van der Waals surface area (Å²) in [6.45, 7) is 8.01. The molecule has 68 valence electrons. The summed E-state index contributed by atoms with van der Waals surface area (Å²) >= 11 is 0. The maximum atomic E-state index is 11.4. The zero-order valence-corrected chi connectivity index (χ0v) is 8.22. The molecule has 0 saturated carbocycles. The van der Waals surface area contributed by atoms with E-state index >= 15 is 0 Å². The lowest BCUT2D eigenvalue weighted by Crippen LogP contribution is -2.38. The van der Waals surface area contributed by atoms with E-state index in [0.717, 1.165) is 12.1 Å². The highest BCUT2D eigenvalue weighted by molar-refractivity contribution is 6.05. The highest BCUT2D eigenvalue weighted by atomic mass is 16.2. The van der Waals surface area contributed by atoms with Crippen molar-refractivity contribution in [1.82, 2.24) is 5.01 Å². The van der Waals surface area contributed by atoms with E-state index in [1.807, 2.05) is 27.7 Å². The van der Waals surface area contributed by atoms with Crippen molar-refractivity contribution in [3.05, 3.63) is 0 Å². The van der Waals surface area contributed by atoms with Crippen molar-refractivity contribution in [2.24, 2.45) is 5.10 Å². The predicted octanol–water partition coefficient (Wildman–Crippen LogP) is 1.78. The lowest BCUT2D eigenvalue weighted by molar-refractivity contribution is -0.133.